The van der Waals surface area contributed by atoms with Crippen molar-refractivity contribution in [2.24, 2.45) is 7.05 Å². The third-order valence-corrected chi connectivity index (χ3v) is 4.41. The summed E-state index contributed by atoms with van der Waals surface area (Å²) < 4.78 is 1.72. The maximum absolute atomic E-state index is 11.8. The summed E-state index contributed by atoms with van der Waals surface area (Å²) in [4.78, 5) is 18.0. The first-order valence-electron chi connectivity index (χ1n) is 6.65. The van der Waals surface area contributed by atoms with Gasteiger partial charge in [-0.1, -0.05) is 0 Å². The van der Waals surface area contributed by atoms with Crippen LogP contribution in [0, 0.1) is 20.8 Å². The molecule has 1 atom stereocenters. The molecule has 0 saturated carbocycles. The van der Waals surface area contributed by atoms with Crippen molar-refractivity contribution in [3.05, 3.63) is 33.0 Å². The number of hydrogen-bond acceptors (Lipinski definition) is 5. The number of aryl methyl sites for hydroxylation is 3. The molecule has 114 valence electrons. The van der Waals surface area contributed by atoms with Crippen LogP contribution in [0.3, 0.4) is 0 Å². The van der Waals surface area contributed by atoms with Crippen LogP contribution in [0.15, 0.2) is 5.38 Å². The van der Waals surface area contributed by atoms with Crippen LogP contribution in [0.4, 0.5) is 0 Å². The Bertz CT molecular complexity index is 662. The van der Waals surface area contributed by atoms with Crippen molar-refractivity contribution in [2.75, 3.05) is 7.05 Å². The van der Waals surface area contributed by atoms with Crippen molar-refractivity contribution < 1.29 is 9.90 Å². The Morgan fingerprint density at radius 1 is 1.48 bits per heavy atom. The van der Waals surface area contributed by atoms with Gasteiger partial charge in [0.1, 0.15) is 6.04 Å². The van der Waals surface area contributed by atoms with Crippen LogP contribution in [0.25, 0.3) is 0 Å². The zero-order valence-electron chi connectivity index (χ0n) is 12.9. The van der Waals surface area contributed by atoms with E-state index >= 15 is 0 Å². The highest BCUT2D eigenvalue weighted by Crippen LogP contribution is 2.27. The number of aliphatic carboxylic acids is 1. The van der Waals surface area contributed by atoms with E-state index in [1.54, 1.807) is 28.0 Å². The first-order valence-corrected chi connectivity index (χ1v) is 7.53. The lowest BCUT2D eigenvalue weighted by Gasteiger charge is -2.24. The molecule has 21 heavy (non-hydrogen) atoms. The molecule has 0 radical (unpaired) electrons. The molecule has 2 rings (SSSR count). The number of nitrogens with zero attached hydrogens (tertiary/aromatic N) is 4. The van der Waals surface area contributed by atoms with E-state index in [4.69, 9.17) is 0 Å². The molecule has 1 unspecified atom stereocenters. The molecule has 2 heterocycles. The Labute approximate surface area is 128 Å². The second kappa shape index (κ2) is 5.95. The molecule has 7 heteroatoms. The number of carboxylic acid groups (broad SMARTS) is 1. The number of likely N-dealkylation sites (N-methyl/N-ethyl adjacent to an activating group) is 1. The molecule has 0 aliphatic rings. The van der Waals surface area contributed by atoms with Crippen molar-refractivity contribution in [1.82, 2.24) is 19.7 Å². The summed E-state index contributed by atoms with van der Waals surface area (Å²) in [6.45, 7) is 6.18. The predicted octanol–water partition coefficient (Wildman–Crippen LogP) is 2.06. The van der Waals surface area contributed by atoms with Gasteiger partial charge in [-0.15, -0.1) is 11.3 Å². The van der Waals surface area contributed by atoms with Crippen molar-refractivity contribution >= 4 is 17.3 Å². The van der Waals surface area contributed by atoms with E-state index in [1.165, 1.54) is 0 Å². The van der Waals surface area contributed by atoms with E-state index in [-0.39, 0.29) is 0 Å². The summed E-state index contributed by atoms with van der Waals surface area (Å²) >= 11 is 1.57. The van der Waals surface area contributed by atoms with Crippen LogP contribution in [0.2, 0.25) is 0 Å². The lowest BCUT2D eigenvalue weighted by Crippen LogP contribution is -2.31. The Balaban J connectivity index is 2.32. The standard InChI is InChI=1S/C14H20N4O2S/c1-8-12(9(2)18(5)16-8)13(14(19)20)17(4)6-11-7-21-10(3)15-11/h7,13H,6H2,1-5H3,(H,19,20). The fourth-order valence-electron chi connectivity index (χ4n) is 2.55. The monoisotopic (exact) mass is 308 g/mol. The van der Waals surface area contributed by atoms with Gasteiger partial charge in [0.05, 0.1) is 16.4 Å². The quantitative estimate of drug-likeness (QED) is 0.915. The Kier molecular flexibility index (Phi) is 4.43. The first-order chi connectivity index (χ1) is 9.81. The molecule has 2 aromatic heterocycles. The lowest BCUT2D eigenvalue weighted by atomic mass is 10.0. The summed E-state index contributed by atoms with van der Waals surface area (Å²) in [5.74, 6) is -0.872. The molecule has 2 aromatic rings. The topological polar surface area (TPSA) is 71.2 Å². The largest absolute Gasteiger partial charge is 0.480 e. The zero-order chi connectivity index (χ0) is 15.7. The number of rotatable bonds is 5. The highest BCUT2D eigenvalue weighted by atomic mass is 32.1. The number of carboxylic acids is 1. The molecule has 1 N–H and O–H groups in total. The van der Waals surface area contributed by atoms with Gasteiger partial charge in [-0.25, -0.2) is 4.98 Å². The number of thiazole rings is 1. The van der Waals surface area contributed by atoms with Crippen molar-refractivity contribution in [3.8, 4) is 0 Å². The van der Waals surface area contributed by atoms with Gasteiger partial charge in [-0.05, 0) is 27.8 Å². The molecule has 0 saturated heterocycles. The van der Waals surface area contributed by atoms with E-state index in [0.29, 0.717) is 6.54 Å². The van der Waals surface area contributed by atoms with E-state index in [2.05, 4.69) is 10.1 Å². The van der Waals surface area contributed by atoms with Crippen LogP contribution < -0.4 is 0 Å². The Morgan fingerprint density at radius 3 is 2.57 bits per heavy atom. The van der Waals surface area contributed by atoms with Gasteiger partial charge in [0.25, 0.3) is 0 Å². The number of carbonyl (C=O) groups is 1. The van der Waals surface area contributed by atoms with Gasteiger partial charge in [-0.2, -0.15) is 5.10 Å². The van der Waals surface area contributed by atoms with Gasteiger partial charge in [0.15, 0.2) is 0 Å². The van der Waals surface area contributed by atoms with Gasteiger partial charge >= 0.3 is 5.97 Å². The molecular formula is C14H20N4O2S. The molecule has 0 fully saturated rings. The first kappa shape index (κ1) is 15.7. The highest BCUT2D eigenvalue weighted by Gasteiger charge is 2.30. The third kappa shape index (κ3) is 3.14. The SMILES string of the molecule is Cc1nc(CN(C)C(C(=O)O)c2c(C)nn(C)c2C)cs1. The molecular weight excluding hydrogens is 288 g/mol. The minimum atomic E-state index is -0.872. The summed E-state index contributed by atoms with van der Waals surface area (Å²) in [5.41, 5.74) is 3.29. The minimum absolute atomic E-state index is 0.495. The molecule has 0 aromatic carbocycles. The van der Waals surface area contributed by atoms with Crippen LogP contribution in [0.1, 0.15) is 33.7 Å². The van der Waals surface area contributed by atoms with Gasteiger partial charge in [0.2, 0.25) is 0 Å². The van der Waals surface area contributed by atoms with E-state index < -0.39 is 12.0 Å². The second-order valence-electron chi connectivity index (χ2n) is 5.22. The van der Waals surface area contributed by atoms with Gasteiger partial charge in [0, 0.05) is 30.2 Å². The molecule has 6 nitrogen and oxygen atoms in total. The maximum atomic E-state index is 11.8. The number of aromatic nitrogens is 3. The minimum Gasteiger partial charge on any atom is -0.480 e. The van der Waals surface area contributed by atoms with E-state index in [0.717, 1.165) is 27.7 Å². The summed E-state index contributed by atoms with van der Waals surface area (Å²) in [7, 11) is 3.63. The number of hydrogen-bond donors (Lipinski definition) is 1. The maximum Gasteiger partial charge on any atom is 0.325 e. The average molecular weight is 308 g/mol. The zero-order valence-corrected chi connectivity index (χ0v) is 13.7. The molecule has 0 aliphatic carbocycles. The van der Waals surface area contributed by atoms with Crippen molar-refractivity contribution in [1.29, 1.82) is 0 Å². The highest BCUT2D eigenvalue weighted by molar-refractivity contribution is 7.09. The van der Waals surface area contributed by atoms with E-state index in [9.17, 15) is 9.90 Å². The van der Waals surface area contributed by atoms with Gasteiger partial charge < -0.3 is 5.11 Å². The van der Waals surface area contributed by atoms with Crippen LogP contribution >= 0.6 is 11.3 Å². The fraction of sp³-hybridized carbons (Fsp3) is 0.500. The molecule has 0 spiro atoms. The molecule has 0 aliphatic heterocycles. The second-order valence-corrected chi connectivity index (χ2v) is 6.28. The molecule has 0 amide bonds. The molecule has 0 bridgehead atoms. The van der Waals surface area contributed by atoms with Gasteiger partial charge in [-0.3, -0.25) is 14.4 Å². The third-order valence-electron chi connectivity index (χ3n) is 3.59. The lowest BCUT2D eigenvalue weighted by molar-refractivity contribution is -0.143. The van der Waals surface area contributed by atoms with Crippen molar-refractivity contribution in [2.45, 2.75) is 33.4 Å². The Hall–Kier alpha value is -1.73. The van der Waals surface area contributed by atoms with Crippen molar-refractivity contribution in [3.63, 3.8) is 0 Å². The summed E-state index contributed by atoms with van der Waals surface area (Å²) in [6, 6.07) is -0.722. The van der Waals surface area contributed by atoms with E-state index in [1.807, 2.05) is 33.2 Å². The fourth-order valence-corrected chi connectivity index (χ4v) is 3.15. The predicted molar refractivity (Wildman–Crippen MR) is 81.4 cm³/mol. The smallest absolute Gasteiger partial charge is 0.325 e. The van der Waals surface area contributed by atoms with Crippen LogP contribution in [-0.4, -0.2) is 37.8 Å². The normalized spacial score (nSPS) is 12.9. The average Bonchev–Trinajstić information content (AvgIpc) is 2.88. The summed E-state index contributed by atoms with van der Waals surface area (Å²) in [5, 5.41) is 16.9. The van der Waals surface area contributed by atoms with Crippen LogP contribution in [0.5, 0.6) is 0 Å². The Morgan fingerprint density at radius 2 is 2.14 bits per heavy atom. The summed E-state index contributed by atoms with van der Waals surface area (Å²) in [6.07, 6.45) is 0. The van der Waals surface area contributed by atoms with Crippen LogP contribution in [-0.2, 0) is 18.4 Å².